The first-order chi connectivity index (χ1) is 9.24. The average Bonchev–Trinajstić information content (AvgIpc) is 2.79. The molecule has 2 N–H and O–H groups in total. The van der Waals surface area contributed by atoms with Gasteiger partial charge >= 0.3 is 0 Å². The largest absolute Gasteiger partial charge is 0.352 e. The van der Waals surface area contributed by atoms with Crippen molar-refractivity contribution in [2.75, 3.05) is 11.1 Å². The highest BCUT2D eigenvalue weighted by molar-refractivity contribution is 8.00. The van der Waals surface area contributed by atoms with Crippen molar-refractivity contribution in [2.45, 2.75) is 24.2 Å². The number of aryl methyl sites for hydroxylation is 1. The average molecular weight is 272 g/mol. The molecular weight excluding hydrogens is 260 g/mol. The monoisotopic (exact) mass is 272 g/mol. The predicted molar refractivity (Wildman–Crippen MR) is 74.9 cm³/mol. The highest BCUT2D eigenvalue weighted by atomic mass is 32.2. The third kappa shape index (κ3) is 1.54. The number of thioether (sulfide) groups is 1. The summed E-state index contributed by atoms with van der Waals surface area (Å²) in [6, 6.07) is 4.01. The first-order valence-corrected chi connectivity index (χ1v) is 7.36. The number of Topliss-reactive ketones (excluding diaryl/α,β-unsaturated/α-hetero) is 1. The lowest BCUT2D eigenvalue weighted by atomic mass is 9.94. The maximum atomic E-state index is 12.0. The summed E-state index contributed by atoms with van der Waals surface area (Å²) < 4.78 is 0. The Kier molecular flexibility index (Phi) is 2.26. The molecule has 0 fully saturated rings. The summed E-state index contributed by atoms with van der Waals surface area (Å²) in [5.74, 6) is 0.674. The van der Waals surface area contributed by atoms with Crippen LogP contribution in [-0.2, 0) is 11.2 Å². The van der Waals surface area contributed by atoms with E-state index in [1.54, 1.807) is 11.8 Å². The van der Waals surface area contributed by atoms with E-state index < -0.39 is 0 Å². The molecule has 19 heavy (non-hydrogen) atoms. The van der Waals surface area contributed by atoms with Gasteiger partial charge in [-0.05, 0) is 30.5 Å². The molecule has 0 radical (unpaired) electrons. The van der Waals surface area contributed by atoms with Gasteiger partial charge in [0, 0.05) is 22.2 Å². The molecule has 1 amide bonds. The van der Waals surface area contributed by atoms with E-state index in [1.165, 1.54) is 0 Å². The van der Waals surface area contributed by atoms with E-state index in [4.69, 9.17) is 0 Å². The van der Waals surface area contributed by atoms with Gasteiger partial charge in [0.05, 0.1) is 17.1 Å². The molecule has 0 unspecified atom stereocenters. The number of nitrogens with one attached hydrogen (secondary N) is 2. The molecule has 4 rings (SSSR count). The van der Waals surface area contributed by atoms with Gasteiger partial charge in [0.25, 0.3) is 0 Å². The number of amides is 1. The normalized spacial score (nSPS) is 18.1. The fourth-order valence-corrected chi connectivity index (χ4v) is 3.76. The molecule has 1 aromatic carbocycles. The Labute approximate surface area is 113 Å². The number of carbonyl (C=O) groups is 2. The third-order valence-corrected chi connectivity index (χ3v) is 4.82. The number of ketones is 1. The van der Waals surface area contributed by atoms with Crippen LogP contribution in [0.1, 0.15) is 28.9 Å². The molecule has 4 nitrogen and oxygen atoms in total. The van der Waals surface area contributed by atoms with E-state index in [0.717, 1.165) is 45.6 Å². The van der Waals surface area contributed by atoms with Crippen molar-refractivity contribution in [3.05, 3.63) is 23.4 Å². The summed E-state index contributed by atoms with van der Waals surface area (Å²) in [6.07, 6.45) is 2.41. The Morgan fingerprint density at radius 2 is 2.05 bits per heavy atom. The number of hydrogen-bond donors (Lipinski definition) is 2. The van der Waals surface area contributed by atoms with Crippen LogP contribution >= 0.6 is 11.8 Å². The van der Waals surface area contributed by atoms with Gasteiger partial charge in [-0.2, -0.15) is 0 Å². The number of benzene rings is 1. The fourth-order valence-electron chi connectivity index (χ4n) is 2.94. The van der Waals surface area contributed by atoms with E-state index in [-0.39, 0.29) is 11.7 Å². The molecule has 1 aliphatic carbocycles. The van der Waals surface area contributed by atoms with Crippen molar-refractivity contribution in [2.24, 2.45) is 0 Å². The second-order valence-electron chi connectivity index (χ2n) is 4.95. The number of carbonyl (C=O) groups excluding carboxylic acids is 2. The summed E-state index contributed by atoms with van der Waals surface area (Å²) in [6.45, 7) is 0. The summed E-state index contributed by atoms with van der Waals surface area (Å²) in [5.41, 5.74) is 3.64. The van der Waals surface area contributed by atoms with Gasteiger partial charge < -0.3 is 10.3 Å². The van der Waals surface area contributed by atoms with E-state index in [9.17, 15) is 9.59 Å². The minimum Gasteiger partial charge on any atom is -0.352 e. The molecule has 5 heteroatoms. The standard InChI is InChI=1S/C14H12N2O2S/c17-9-3-1-2-7-12-8(15-13(7)9)4-5-10-14(12)16-11(18)6-19-10/h4-5,15H,1-3,6H2,(H,16,18). The molecule has 0 saturated carbocycles. The van der Waals surface area contributed by atoms with E-state index in [1.807, 2.05) is 12.1 Å². The summed E-state index contributed by atoms with van der Waals surface area (Å²) in [4.78, 5) is 27.9. The molecule has 96 valence electrons. The van der Waals surface area contributed by atoms with Gasteiger partial charge in [-0.1, -0.05) is 0 Å². The number of hydrogen-bond acceptors (Lipinski definition) is 3. The molecule has 0 saturated heterocycles. The molecule has 0 atom stereocenters. The van der Waals surface area contributed by atoms with Crippen LogP contribution in [-0.4, -0.2) is 22.4 Å². The minimum atomic E-state index is 0.0297. The third-order valence-electron chi connectivity index (χ3n) is 3.76. The maximum absolute atomic E-state index is 12.0. The Hall–Kier alpha value is -1.75. The zero-order valence-electron chi connectivity index (χ0n) is 10.2. The Morgan fingerprint density at radius 1 is 1.16 bits per heavy atom. The SMILES string of the molecule is O=C1CSc2ccc3[nH]c4c(c3c2N1)CCCC4=O. The van der Waals surface area contributed by atoms with Crippen LogP contribution in [0.25, 0.3) is 10.9 Å². The zero-order valence-corrected chi connectivity index (χ0v) is 11.0. The van der Waals surface area contributed by atoms with Gasteiger partial charge in [-0.25, -0.2) is 0 Å². The quantitative estimate of drug-likeness (QED) is 0.775. The molecule has 1 aliphatic heterocycles. The van der Waals surface area contributed by atoms with Gasteiger partial charge in [0.2, 0.25) is 5.91 Å². The second kappa shape index (κ2) is 3.87. The highest BCUT2D eigenvalue weighted by Crippen LogP contribution is 2.41. The minimum absolute atomic E-state index is 0.0297. The first-order valence-electron chi connectivity index (χ1n) is 6.37. The summed E-state index contributed by atoms with van der Waals surface area (Å²) in [7, 11) is 0. The fraction of sp³-hybridized carbons (Fsp3) is 0.286. The molecule has 2 heterocycles. The lowest BCUT2D eigenvalue weighted by molar-refractivity contribution is -0.113. The van der Waals surface area contributed by atoms with Crippen LogP contribution in [0.2, 0.25) is 0 Å². The van der Waals surface area contributed by atoms with Gasteiger partial charge in [-0.15, -0.1) is 11.8 Å². The number of aromatic amines is 1. The van der Waals surface area contributed by atoms with Crippen LogP contribution in [0.5, 0.6) is 0 Å². The van der Waals surface area contributed by atoms with Crippen molar-refractivity contribution in [3.63, 3.8) is 0 Å². The maximum Gasteiger partial charge on any atom is 0.234 e. The Morgan fingerprint density at radius 3 is 2.95 bits per heavy atom. The van der Waals surface area contributed by atoms with Crippen LogP contribution in [0.15, 0.2) is 17.0 Å². The van der Waals surface area contributed by atoms with Crippen LogP contribution in [0.3, 0.4) is 0 Å². The van der Waals surface area contributed by atoms with E-state index in [2.05, 4.69) is 10.3 Å². The first kappa shape index (κ1) is 11.1. The molecule has 1 aromatic heterocycles. The molecular formula is C14H12N2O2S. The molecule has 2 aliphatic rings. The van der Waals surface area contributed by atoms with Crippen molar-refractivity contribution < 1.29 is 9.59 Å². The lowest BCUT2D eigenvalue weighted by Gasteiger charge is -2.18. The highest BCUT2D eigenvalue weighted by Gasteiger charge is 2.26. The van der Waals surface area contributed by atoms with E-state index in [0.29, 0.717) is 12.2 Å². The van der Waals surface area contributed by atoms with Gasteiger partial charge in [0.15, 0.2) is 5.78 Å². The topological polar surface area (TPSA) is 62.0 Å². The van der Waals surface area contributed by atoms with Crippen molar-refractivity contribution in [1.82, 2.24) is 4.98 Å². The number of rotatable bonds is 0. The van der Waals surface area contributed by atoms with Gasteiger partial charge in [-0.3, -0.25) is 9.59 Å². The van der Waals surface area contributed by atoms with E-state index >= 15 is 0 Å². The molecule has 2 aromatic rings. The van der Waals surface area contributed by atoms with Crippen LogP contribution in [0.4, 0.5) is 5.69 Å². The van der Waals surface area contributed by atoms with Crippen molar-refractivity contribution in [1.29, 1.82) is 0 Å². The Balaban J connectivity index is 2.05. The van der Waals surface area contributed by atoms with Crippen molar-refractivity contribution >= 4 is 40.0 Å². The van der Waals surface area contributed by atoms with Crippen LogP contribution in [0, 0.1) is 0 Å². The van der Waals surface area contributed by atoms with Crippen molar-refractivity contribution in [3.8, 4) is 0 Å². The zero-order chi connectivity index (χ0) is 13.0. The molecule has 0 bridgehead atoms. The molecule has 0 spiro atoms. The summed E-state index contributed by atoms with van der Waals surface area (Å²) in [5, 5.41) is 3.99. The lowest BCUT2D eigenvalue weighted by Crippen LogP contribution is -2.19. The number of anilines is 1. The van der Waals surface area contributed by atoms with Crippen LogP contribution < -0.4 is 5.32 Å². The summed E-state index contributed by atoms with van der Waals surface area (Å²) >= 11 is 1.56. The smallest absolute Gasteiger partial charge is 0.234 e. The van der Waals surface area contributed by atoms with Gasteiger partial charge in [0.1, 0.15) is 0 Å². The number of aromatic nitrogens is 1. The number of H-pyrrole nitrogens is 1. The number of fused-ring (bicyclic) bond motifs is 5. The predicted octanol–water partition coefficient (Wildman–Crippen LogP) is 2.73. The second-order valence-corrected chi connectivity index (χ2v) is 5.97. The Bertz CT molecular complexity index is 733.